The minimum Gasteiger partial charge on any atom is -0.434 e. The zero-order valence-corrected chi connectivity index (χ0v) is 14.6. The van der Waals surface area contributed by atoms with Crippen molar-refractivity contribution >= 4 is 12.1 Å². The van der Waals surface area contributed by atoms with Crippen molar-refractivity contribution in [1.82, 2.24) is 0 Å². The molecular formula is C20H21FO5. The Morgan fingerprint density at radius 3 is 2.08 bits per heavy atom. The van der Waals surface area contributed by atoms with E-state index in [0.29, 0.717) is 6.61 Å². The Balaban J connectivity index is 1.79. The minimum absolute atomic E-state index is 0.235. The number of unbranched alkanes of at least 4 members (excludes halogenated alkanes) is 3. The molecule has 2 rings (SSSR count). The van der Waals surface area contributed by atoms with E-state index >= 15 is 0 Å². The van der Waals surface area contributed by atoms with E-state index in [9.17, 15) is 14.0 Å². The number of hydrogen-bond acceptors (Lipinski definition) is 5. The van der Waals surface area contributed by atoms with Gasteiger partial charge in [0.25, 0.3) is 0 Å². The van der Waals surface area contributed by atoms with Gasteiger partial charge < -0.3 is 14.2 Å². The van der Waals surface area contributed by atoms with Crippen LogP contribution in [0.4, 0.5) is 9.18 Å². The molecule has 5 nitrogen and oxygen atoms in total. The van der Waals surface area contributed by atoms with Crippen LogP contribution in [0.25, 0.3) is 0 Å². The number of rotatable bonds is 8. The van der Waals surface area contributed by atoms with Gasteiger partial charge in [0.15, 0.2) is 0 Å². The summed E-state index contributed by atoms with van der Waals surface area (Å²) in [4.78, 5) is 23.5. The summed E-state index contributed by atoms with van der Waals surface area (Å²) in [5.74, 6) is -0.477. The summed E-state index contributed by atoms with van der Waals surface area (Å²) in [7, 11) is 0. The van der Waals surface area contributed by atoms with Crippen LogP contribution in [-0.4, -0.2) is 18.7 Å². The maximum Gasteiger partial charge on any atom is 0.513 e. The topological polar surface area (TPSA) is 61.8 Å². The molecule has 0 aromatic heterocycles. The normalized spacial score (nSPS) is 10.2. The number of ether oxygens (including phenoxy) is 3. The average Bonchev–Trinajstić information content (AvgIpc) is 2.63. The zero-order valence-electron chi connectivity index (χ0n) is 14.6. The summed E-state index contributed by atoms with van der Waals surface area (Å²) >= 11 is 0. The molecule has 0 saturated carbocycles. The lowest BCUT2D eigenvalue weighted by molar-refractivity contribution is 0.0733. The Morgan fingerprint density at radius 2 is 1.46 bits per heavy atom. The third-order valence-electron chi connectivity index (χ3n) is 3.53. The van der Waals surface area contributed by atoms with Gasteiger partial charge in [-0.1, -0.05) is 26.2 Å². The van der Waals surface area contributed by atoms with Gasteiger partial charge in [-0.05, 0) is 55.0 Å². The molecule has 0 fully saturated rings. The third-order valence-corrected chi connectivity index (χ3v) is 3.53. The quantitative estimate of drug-likeness (QED) is 0.282. The fraction of sp³-hybridized carbons (Fsp3) is 0.300. The molecule has 0 N–H and O–H groups in total. The highest BCUT2D eigenvalue weighted by Crippen LogP contribution is 2.19. The SMILES string of the molecule is CCCCCCOC(=O)Oc1ccc(OC(=O)c2ccc(F)cc2)cc1. The van der Waals surface area contributed by atoms with Gasteiger partial charge in [-0.3, -0.25) is 0 Å². The van der Waals surface area contributed by atoms with Crippen molar-refractivity contribution < 1.29 is 28.2 Å². The predicted molar refractivity (Wildman–Crippen MR) is 93.9 cm³/mol. The molecule has 0 aliphatic rings. The van der Waals surface area contributed by atoms with Crippen molar-refractivity contribution in [3.05, 3.63) is 59.9 Å². The Bertz CT molecular complexity index is 710. The maximum absolute atomic E-state index is 12.9. The van der Waals surface area contributed by atoms with Crippen molar-refractivity contribution in [2.45, 2.75) is 32.6 Å². The van der Waals surface area contributed by atoms with Crippen molar-refractivity contribution in [1.29, 1.82) is 0 Å². The van der Waals surface area contributed by atoms with Crippen LogP contribution < -0.4 is 9.47 Å². The van der Waals surface area contributed by atoms with E-state index in [1.54, 1.807) is 0 Å². The van der Waals surface area contributed by atoms with Crippen molar-refractivity contribution in [2.24, 2.45) is 0 Å². The van der Waals surface area contributed by atoms with E-state index in [-0.39, 0.29) is 17.1 Å². The van der Waals surface area contributed by atoms with E-state index in [4.69, 9.17) is 14.2 Å². The molecule has 0 amide bonds. The molecule has 0 heterocycles. The standard InChI is InChI=1S/C20H21FO5/c1-2-3-4-5-14-24-20(23)26-18-12-10-17(11-13-18)25-19(22)15-6-8-16(21)9-7-15/h6-13H,2-5,14H2,1H3. The first kappa shape index (κ1) is 19.4. The summed E-state index contributed by atoms with van der Waals surface area (Å²) < 4.78 is 28.0. The monoisotopic (exact) mass is 360 g/mol. The summed E-state index contributed by atoms with van der Waals surface area (Å²) in [6.45, 7) is 2.43. The van der Waals surface area contributed by atoms with Crippen LogP contribution in [0.1, 0.15) is 43.0 Å². The van der Waals surface area contributed by atoms with Crippen LogP contribution in [-0.2, 0) is 4.74 Å². The van der Waals surface area contributed by atoms with Crippen molar-refractivity contribution in [3.8, 4) is 11.5 Å². The van der Waals surface area contributed by atoms with Crippen LogP contribution in [0.3, 0.4) is 0 Å². The van der Waals surface area contributed by atoms with Crippen LogP contribution >= 0.6 is 0 Å². The van der Waals surface area contributed by atoms with E-state index < -0.39 is 17.9 Å². The Kier molecular flexibility index (Phi) is 7.61. The van der Waals surface area contributed by atoms with Gasteiger partial charge in [0, 0.05) is 0 Å². The lowest BCUT2D eigenvalue weighted by Crippen LogP contribution is -2.11. The number of benzene rings is 2. The maximum atomic E-state index is 12.9. The fourth-order valence-corrected chi connectivity index (χ4v) is 2.14. The Labute approximate surface area is 151 Å². The average molecular weight is 360 g/mol. The first-order chi connectivity index (χ1) is 12.6. The molecule has 0 aliphatic carbocycles. The minimum atomic E-state index is -0.766. The van der Waals surface area contributed by atoms with Crippen LogP contribution in [0.2, 0.25) is 0 Å². The predicted octanol–water partition coefficient (Wildman–Crippen LogP) is 5.14. The smallest absolute Gasteiger partial charge is 0.434 e. The molecule has 0 atom stereocenters. The summed E-state index contributed by atoms with van der Waals surface area (Å²) in [6, 6.07) is 11.0. The van der Waals surface area contributed by atoms with Crippen molar-refractivity contribution in [2.75, 3.05) is 6.61 Å². The first-order valence-corrected chi connectivity index (χ1v) is 8.51. The molecule has 138 valence electrons. The highest BCUT2D eigenvalue weighted by atomic mass is 19.1. The molecule has 26 heavy (non-hydrogen) atoms. The lowest BCUT2D eigenvalue weighted by Gasteiger charge is -2.07. The second-order valence-corrected chi connectivity index (χ2v) is 5.63. The Morgan fingerprint density at radius 1 is 0.846 bits per heavy atom. The van der Waals surface area contributed by atoms with Gasteiger partial charge in [-0.15, -0.1) is 0 Å². The zero-order chi connectivity index (χ0) is 18.8. The van der Waals surface area contributed by atoms with Gasteiger partial charge in [-0.2, -0.15) is 0 Å². The first-order valence-electron chi connectivity index (χ1n) is 8.51. The number of hydrogen-bond donors (Lipinski definition) is 0. The van der Waals surface area contributed by atoms with Crippen LogP contribution in [0.5, 0.6) is 11.5 Å². The molecule has 2 aromatic rings. The fourth-order valence-electron chi connectivity index (χ4n) is 2.14. The molecule has 0 saturated heterocycles. The molecule has 0 spiro atoms. The van der Waals surface area contributed by atoms with Gasteiger partial charge in [0.2, 0.25) is 0 Å². The third kappa shape index (κ3) is 6.55. The molecule has 6 heteroatoms. The van der Waals surface area contributed by atoms with Gasteiger partial charge >= 0.3 is 12.1 Å². The van der Waals surface area contributed by atoms with E-state index in [1.807, 2.05) is 0 Å². The summed E-state index contributed by atoms with van der Waals surface area (Å²) in [5, 5.41) is 0. The van der Waals surface area contributed by atoms with Crippen molar-refractivity contribution in [3.63, 3.8) is 0 Å². The summed E-state index contributed by atoms with van der Waals surface area (Å²) in [5.41, 5.74) is 0.235. The van der Waals surface area contributed by atoms with E-state index in [1.165, 1.54) is 48.5 Å². The van der Waals surface area contributed by atoms with Gasteiger partial charge in [0.1, 0.15) is 17.3 Å². The summed E-state index contributed by atoms with van der Waals surface area (Å²) in [6.07, 6.45) is 3.27. The van der Waals surface area contributed by atoms with Crippen LogP contribution in [0.15, 0.2) is 48.5 Å². The number of halogens is 1. The number of carbonyl (C=O) groups excluding carboxylic acids is 2. The van der Waals surface area contributed by atoms with E-state index in [2.05, 4.69) is 6.92 Å². The Hall–Kier alpha value is -2.89. The highest BCUT2D eigenvalue weighted by molar-refractivity contribution is 5.91. The second-order valence-electron chi connectivity index (χ2n) is 5.63. The highest BCUT2D eigenvalue weighted by Gasteiger charge is 2.10. The van der Waals surface area contributed by atoms with E-state index in [0.717, 1.165) is 25.7 Å². The molecule has 0 aliphatic heterocycles. The number of esters is 1. The van der Waals surface area contributed by atoms with Gasteiger partial charge in [0.05, 0.1) is 12.2 Å². The largest absolute Gasteiger partial charge is 0.513 e. The molecule has 0 radical (unpaired) electrons. The number of carbonyl (C=O) groups is 2. The lowest BCUT2D eigenvalue weighted by atomic mass is 10.2. The molecular weight excluding hydrogens is 339 g/mol. The van der Waals surface area contributed by atoms with Crippen LogP contribution in [0, 0.1) is 5.82 Å². The molecule has 0 unspecified atom stereocenters. The second kappa shape index (κ2) is 10.2. The molecule has 0 bridgehead atoms. The molecule has 2 aromatic carbocycles. The van der Waals surface area contributed by atoms with Gasteiger partial charge in [-0.25, -0.2) is 14.0 Å².